The van der Waals surface area contributed by atoms with Gasteiger partial charge in [0.05, 0.1) is 11.3 Å². The van der Waals surface area contributed by atoms with Gasteiger partial charge in [-0.3, -0.25) is 0 Å². The van der Waals surface area contributed by atoms with Gasteiger partial charge in [0.25, 0.3) is 0 Å². The third-order valence-electron chi connectivity index (χ3n) is 3.32. The van der Waals surface area contributed by atoms with Crippen molar-refractivity contribution >= 4 is 11.9 Å². The minimum Gasteiger partial charge on any atom is -0.478 e. The number of aryl methyl sites for hydroxylation is 1. The highest BCUT2D eigenvalue weighted by Crippen LogP contribution is 2.19. The Hall–Kier alpha value is -1.91. The molecule has 0 atom stereocenters. The summed E-state index contributed by atoms with van der Waals surface area (Å²) in [6.45, 7) is 2.47. The fourth-order valence-electron chi connectivity index (χ4n) is 2.23. The quantitative estimate of drug-likeness (QED) is 0.797. The molecule has 1 aromatic heterocycles. The molecule has 0 amide bonds. The zero-order valence-electron chi connectivity index (χ0n) is 11.1. The van der Waals surface area contributed by atoms with Gasteiger partial charge in [0.15, 0.2) is 0 Å². The summed E-state index contributed by atoms with van der Waals surface area (Å²) in [6, 6.07) is 0. The van der Waals surface area contributed by atoms with Gasteiger partial charge in [-0.2, -0.15) is 0 Å². The molecule has 0 aliphatic heterocycles. The Morgan fingerprint density at radius 3 is 2.95 bits per heavy atom. The second-order valence-corrected chi connectivity index (χ2v) is 4.78. The van der Waals surface area contributed by atoms with E-state index in [1.165, 1.54) is 37.5 Å². The number of nitrogens with zero attached hydrogens (tertiary/aromatic N) is 2. The molecule has 0 fully saturated rings. The smallest absolute Gasteiger partial charge is 0.339 e. The van der Waals surface area contributed by atoms with Crippen LogP contribution in [0.5, 0.6) is 0 Å². The van der Waals surface area contributed by atoms with Crippen LogP contribution < -0.4 is 5.32 Å². The van der Waals surface area contributed by atoms with E-state index in [1.54, 1.807) is 6.92 Å². The molecule has 5 heteroatoms. The number of allylic oxidation sites excluding steroid dienone is 1. The summed E-state index contributed by atoms with van der Waals surface area (Å²) in [6.07, 6.45) is 9.66. The minimum atomic E-state index is -0.989. The van der Waals surface area contributed by atoms with E-state index in [0.717, 1.165) is 13.0 Å². The van der Waals surface area contributed by atoms with E-state index < -0.39 is 5.97 Å². The molecule has 19 heavy (non-hydrogen) atoms. The Bertz CT molecular complexity index is 497. The first-order chi connectivity index (χ1) is 9.16. The maximum Gasteiger partial charge on any atom is 0.339 e. The zero-order chi connectivity index (χ0) is 13.7. The van der Waals surface area contributed by atoms with Crippen molar-refractivity contribution in [3.05, 3.63) is 29.1 Å². The molecule has 0 aromatic carbocycles. The van der Waals surface area contributed by atoms with Crippen molar-refractivity contribution in [2.24, 2.45) is 0 Å². The minimum absolute atomic E-state index is 0.153. The monoisotopic (exact) mass is 261 g/mol. The number of nitrogens with one attached hydrogen (secondary N) is 1. The molecule has 0 bridgehead atoms. The van der Waals surface area contributed by atoms with Crippen LogP contribution in [0.25, 0.3) is 0 Å². The van der Waals surface area contributed by atoms with E-state index in [4.69, 9.17) is 5.11 Å². The summed E-state index contributed by atoms with van der Waals surface area (Å²) in [5.74, 6) is -0.490. The number of aromatic nitrogens is 2. The second-order valence-electron chi connectivity index (χ2n) is 4.78. The predicted molar refractivity (Wildman–Crippen MR) is 73.4 cm³/mol. The third-order valence-corrected chi connectivity index (χ3v) is 3.32. The van der Waals surface area contributed by atoms with Gasteiger partial charge >= 0.3 is 5.97 Å². The van der Waals surface area contributed by atoms with E-state index in [0.29, 0.717) is 11.6 Å². The first kappa shape index (κ1) is 13.5. The van der Waals surface area contributed by atoms with Gasteiger partial charge in [0.1, 0.15) is 0 Å². The Morgan fingerprint density at radius 1 is 1.47 bits per heavy atom. The maximum atomic E-state index is 10.8. The second kappa shape index (κ2) is 6.31. The lowest BCUT2D eigenvalue weighted by atomic mass is 9.97. The number of rotatable bonds is 5. The average Bonchev–Trinajstić information content (AvgIpc) is 2.39. The van der Waals surface area contributed by atoms with Crippen molar-refractivity contribution in [3.63, 3.8) is 0 Å². The number of hydrogen-bond donors (Lipinski definition) is 2. The molecule has 0 unspecified atom stereocenters. The number of anilines is 1. The highest BCUT2D eigenvalue weighted by Gasteiger charge is 2.09. The number of carboxylic acid groups (broad SMARTS) is 1. The van der Waals surface area contributed by atoms with E-state index in [9.17, 15) is 4.79 Å². The number of carbonyl (C=O) groups is 1. The van der Waals surface area contributed by atoms with Crippen molar-refractivity contribution in [1.82, 2.24) is 9.97 Å². The number of aromatic carboxylic acids is 1. The summed E-state index contributed by atoms with van der Waals surface area (Å²) in [4.78, 5) is 19.0. The van der Waals surface area contributed by atoms with Gasteiger partial charge in [-0.15, -0.1) is 0 Å². The first-order valence-corrected chi connectivity index (χ1v) is 6.65. The topological polar surface area (TPSA) is 75.1 Å². The standard InChI is InChI=1S/C14H19N3O2/c1-10-12(13(18)19)9-16-14(17-10)15-8-7-11-5-3-2-4-6-11/h5,9H,2-4,6-8H2,1H3,(H,18,19)(H,15,16,17). The molecule has 2 rings (SSSR count). The number of carboxylic acids is 1. The van der Waals surface area contributed by atoms with E-state index in [2.05, 4.69) is 21.4 Å². The molecule has 0 saturated heterocycles. The summed E-state index contributed by atoms with van der Waals surface area (Å²) in [7, 11) is 0. The Kier molecular flexibility index (Phi) is 4.49. The van der Waals surface area contributed by atoms with Crippen LogP contribution in [0.1, 0.15) is 48.2 Å². The Balaban J connectivity index is 1.87. The summed E-state index contributed by atoms with van der Waals surface area (Å²) >= 11 is 0. The molecule has 1 aromatic rings. The lowest BCUT2D eigenvalue weighted by Crippen LogP contribution is -2.10. The molecule has 5 nitrogen and oxygen atoms in total. The van der Waals surface area contributed by atoms with Crippen LogP contribution in [0.3, 0.4) is 0 Å². The van der Waals surface area contributed by atoms with Crippen molar-refractivity contribution in [1.29, 1.82) is 0 Å². The van der Waals surface area contributed by atoms with Gasteiger partial charge in [-0.05, 0) is 39.0 Å². The van der Waals surface area contributed by atoms with E-state index >= 15 is 0 Å². The molecule has 1 heterocycles. The molecule has 0 radical (unpaired) electrons. The van der Waals surface area contributed by atoms with Gasteiger partial charge in [-0.1, -0.05) is 11.6 Å². The molecular formula is C14H19N3O2. The van der Waals surface area contributed by atoms with E-state index in [1.807, 2.05) is 0 Å². The molecule has 1 aliphatic rings. The van der Waals surface area contributed by atoms with Crippen LogP contribution in [0, 0.1) is 6.92 Å². The van der Waals surface area contributed by atoms with Gasteiger partial charge in [-0.25, -0.2) is 14.8 Å². The van der Waals surface area contributed by atoms with Crippen molar-refractivity contribution in [2.45, 2.75) is 39.0 Å². The molecule has 0 saturated carbocycles. The van der Waals surface area contributed by atoms with Crippen LogP contribution in [-0.4, -0.2) is 27.6 Å². The Morgan fingerprint density at radius 2 is 2.32 bits per heavy atom. The van der Waals surface area contributed by atoms with Crippen molar-refractivity contribution in [3.8, 4) is 0 Å². The van der Waals surface area contributed by atoms with Gasteiger partial charge < -0.3 is 10.4 Å². The number of hydrogen-bond acceptors (Lipinski definition) is 4. The van der Waals surface area contributed by atoms with Crippen LogP contribution in [0.2, 0.25) is 0 Å². The van der Waals surface area contributed by atoms with Gasteiger partial charge in [0, 0.05) is 12.7 Å². The largest absolute Gasteiger partial charge is 0.478 e. The van der Waals surface area contributed by atoms with Crippen molar-refractivity contribution in [2.75, 3.05) is 11.9 Å². The Labute approximate surface area is 112 Å². The summed E-state index contributed by atoms with van der Waals surface area (Å²) < 4.78 is 0. The summed E-state index contributed by atoms with van der Waals surface area (Å²) in [5, 5.41) is 12.0. The zero-order valence-corrected chi connectivity index (χ0v) is 11.1. The average molecular weight is 261 g/mol. The van der Waals surface area contributed by atoms with Crippen molar-refractivity contribution < 1.29 is 9.90 Å². The van der Waals surface area contributed by atoms with Crippen LogP contribution in [0.15, 0.2) is 17.8 Å². The molecular weight excluding hydrogens is 242 g/mol. The lowest BCUT2D eigenvalue weighted by molar-refractivity contribution is 0.0695. The molecule has 1 aliphatic carbocycles. The maximum absolute atomic E-state index is 10.8. The van der Waals surface area contributed by atoms with Crippen LogP contribution in [0.4, 0.5) is 5.95 Å². The predicted octanol–water partition coefficient (Wildman–Crippen LogP) is 2.79. The summed E-state index contributed by atoms with van der Waals surface area (Å²) in [5.41, 5.74) is 2.14. The molecule has 2 N–H and O–H groups in total. The highest BCUT2D eigenvalue weighted by atomic mass is 16.4. The van der Waals surface area contributed by atoms with E-state index in [-0.39, 0.29) is 5.56 Å². The van der Waals surface area contributed by atoms with Crippen LogP contribution in [-0.2, 0) is 0 Å². The fourth-order valence-corrected chi connectivity index (χ4v) is 2.23. The highest BCUT2D eigenvalue weighted by molar-refractivity contribution is 5.88. The SMILES string of the molecule is Cc1nc(NCCC2=CCCCC2)ncc1C(=O)O. The fraction of sp³-hybridized carbons (Fsp3) is 0.500. The molecule has 0 spiro atoms. The first-order valence-electron chi connectivity index (χ1n) is 6.65. The lowest BCUT2D eigenvalue weighted by Gasteiger charge is -2.13. The third kappa shape index (κ3) is 3.77. The van der Waals surface area contributed by atoms with Gasteiger partial charge in [0.2, 0.25) is 5.95 Å². The normalized spacial score (nSPS) is 14.9. The van der Waals surface area contributed by atoms with Crippen LogP contribution >= 0.6 is 0 Å². The molecule has 102 valence electrons.